The van der Waals surface area contributed by atoms with Crippen LogP contribution in [0.15, 0.2) is 30.6 Å². The second-order valence-electron chi connectivity index (χ2n) is 6.33. The Labute approximate surface area is 135 Å². The van der Waals surface area contributed by atoms with Gasteiger partial charge < -0.3 is 14.6 Å². The summed E-state index contributed by atoms with van der Waals surface area (Å²) in [5.41, 5.74) is 2.31. The van der Waals surface area contributed by atoms with E-state index in [-0.39, 0.29) is 18.8 Å². The van der Waals surface area contributed by atoms with Crippen molar-refractivity contribution in [2.24, 2.45) is 7.05 Å². The van der Waals surface area contributed by atoms with Gasteiger partial charge in [0.1, 0.15) is 0 Å². The number of hydrogen-bond acceptors (Lipinski definition) is 5. The van der Waals surface area contributed by atoms with Crippen molar-refractivity contribution in [1.82, 2.24) is 14.7 Å². The SMILES string of the molecule is Cn1cc(CN2CC[C@@H](c3ccc4c(c3)OCO4)[C@H](O)C2)cn1. The Morgan fingerprint density at radius 2 is 2.17 bits per heavy atom. The first kappa shape index (κ1) is 14.5. The highest BCUT2D eigenvalue weighted by atomic mass is 16.7. The van der Waals surface area contributed by atoms with Crippen molar-refractivity contribution in [2.45, 2.75) is 25.0 Å². The van der Waals surface area contributed by atoms with Gasteiger partial charge in [-0.25, -0.2) is 0 Å². The number of nitrogens with zero attached hydrogens (tertiary/aromatic N) is 3. The highest BCUT2D eigenvalue weighted by Crippen LogP contribution is 2.37. The molecule has 6 heteroatoms. The van der Waals surface area contributed by atoms with Crippen LogP contribution in [0.4, 0.5) is 0 Å². The van der Waals surface area contributed by atoms with Crippen molar-refractivity contribution in [3.63, 3.8) is 0 Å². The zero-order valence-corrected chi connectivity index (χ0v) is 13.2. The number of hydrogen-bond donors (Lipinski definition) is 1. The molecule has 1 fully saturated rings. The van der Waals surface area contributed by atoms with E-state index in [9.17, 15) is 5.11 Å². The number of piperidine rings is 1. The van der Waals surface area contributed by atoms with E-state index in [4.69, 9.17) is 9.47 Å². The van der Waals surface area contributed by atoms with Gasteiger partial charge >= 0.3 is 0 Å². The molecule has 0 bridgehead atoms. The van der Waals surface area contributed by atoms with E-state index in [1.165, 1.54) is 5.56 Å². The van der Waals surface area contributed by atoms with E-state index >= 15 is 0 Å². The first-order valence-electron chi connectivity index (χ1n) is 7.96. The highest BCUT2D eigenvalue weighted by Gasteiger charge is 2.30. The minimum Gasteiger partial charge on any atom is -0.454 e. The van der Waals surface area contributed by atoms with Gasteiger partial charge in [0.2, 0.25) is 6.79 Å². The van der Waals surface area contributed by atoms with Crippen molar-refractivity contribution in [3.05, 3.63) is 41.7 Å². The molecule has 0 amide bonds. The van der Waals surface area contributed by atoms with Crippen molar-refractivity contribution in [2.75, 3.05) is 19.9 Å². The number of ether oxygens (including phenoxy) is 2. The summed E-state index contributed by atoms with van der Waals surface area (Å²) in [6.45, 7) is 2.75. The third-order valence-electron chi connectivity index (χ3n) is 4.66. The zero-order chi connectivity index (χ0) is 15.8. The molecular weight excluding hydrogens is 294 g/mol. The number of fused-ring (bicyclic) bond motifs is 1. The van der Waals surface area contributed by atoms with Crippen LogP contribution in [0.2, 0.25) is 0 Å². The second-order valence-corrected chi connectivity index (χ2v) is 6.33. The summed E-state index contributed by atoms with van der Waals surface area (Å²) in [6, 6.07) is 5.98. The molecule has 1 aromatic carbocycles. The number of β-amino-alcohol motifs (C(OH)–C–C–N with tert-alkyl or cyclic N) is 1. The lowest BCUT2D eigenvalue weighted by molar-refractivity contribution is 0.0476. The molecule has 122 valence electrons. The summed E-state index contributed by atoms with van der Waals surface area (Å²) >= 11 is 0. The fourth-order valence-electron chi connectivity index (χ4n) is 3.49. The van der Waals surface area contributed by atoms with E-state index in [1.807, 2.05) is 42.3 Å². The van der Waals surface area contributed by atoms with Gasteiger partial charge in [-0.15, -0.1) is 0 Å². The number of rotatable bonds is 3. The molecule has 1 aromatic heterocycles. The van der Waals surface area contributed by atoms with Gasteiger partial charge in [-0.1, -0.05) is 6.07 Å². The van der Waals surface area contributed by atoms with Crippen molar-refractivity contribution in [3.8, 4) is 11.5 Å². The number of benzene rings is 1. The molecule has 0 radical (unpaired) electrons. The molecule has 6 nitrogen and oxygen atoms in total. The Bertz CT molecular complexity index is 700. The average molecular weight is 315 g/mol. The van der Waals surface area contributed by atoms with Gasteiger partial charge in [-0.2, -0.15) is 5.10 Å². The van der Waals surface area contributed by atoms with Crippen LogP contribution in [0.1, 0.15) is 23.5 Å². The molecule has 0 aliphatic carbocycles. The number of aliphatic hydroxyl groups excluding tert-OH is 1. The van der Waals surface area contributed by atoms with Gasteiger partial charge in [0.25, 0.3) is 0 Å². The summed E-state index contributed by atoms with van der Waals surface area (Å²) < 4.78 is 12.6. The molecule has 0 unspecified atom stereocenters. The predicted molar refractivity (Wildman–Crippen MR) is 84.4 cm³/mol. The lowest BCUT2D eigenvalue weighted by atomic mass is 9.87. The second kappa shape index (κ2) is 5.86. The maximum atomic E-state index is 10.6. The number of aliphatic hydroxyl groups is 1. The van der Waals surface area contributed by atoms with E-state index in [2.05, 4.69) is 10.00 Å². The fourth-order valence-corrected chi connectivity index (χ4v) is 3.49. The van der Waals surface area contributed by atoms with Crippen molar-refractivity contribution >= 4 is 0 Å². The largest absolute Gasteiger partial charge is 0.454 e. The summed E-state index contributed by atoms with van der Waals surface area (Å²) in [6.07, 6.45) is 4.47. The highest BCUT2D eigenvalue weighted by molar-refractivity contribution is 5.45. The molecule has 2 aliphatic rings. The first-order chi connectivity index (χ1) is 11.2. The Balaban J connectivity index is 1.43. The number of likely N-dealkylation sites (tertiary alicyclic amines) is 1. The van der Waals surface area contributed by atoms with Crippen LogP contribution >= 0.6 is 0 Å². The smallest absolute Gasteiger partial charge is 0.231 e. The van der Waals surface area contributed by atoms with Crippen LogP contribution in [0, 0.1) is 0 Å². The molecule has 2 aliphatic heterocycles. The van der Waals surface area contributed by atoms with Gasteiger partial charge in [0.15, 0.2) is 11.5 Å². The minimum atomic E-state index is -0.374. The van der Waals surface area contributed by atoms with Crippen LogP contribution < -0.4 is 9.47 Å². The van der Waals surface area contributed by atoms with Crippen molar-refractivity contribution in [1.29, 1.82) is 0 Å². The molecule has 1 N–H and O–H groups in total. The third-order valence-corrected chi connectivity index (χ3v) is 4.66. The van der Waals surface area contributed by atoms with Gasteiger partial charge in [0.05, 0.1) is 12.3 Å². The van der Waals surface area contributed by atoms with Crippen LogP contribution in [0.25, 0.3) is 0 Å². The number of aryl methyl sites for hydroxylation is 1. The fraction of sp³-hybridized carbons (Fsp3) is 0.471. The summed E-state index contributed by atoms with van der Waals surface area (Å²) in [5, 5.41) is 14.8. The van der Waals surface area contributed by atoms with Crippen molar-refractivity contribution < 1.29 is 14.6 Å². The minimum absolute atomic E-state index is 0.148. The summed E-state index contributed by atoms with van der Waals surface area (Å²) in [4.78, 5) is 2.28. The standard InChI is InChI=1S/C17H21N3O3/c1-19-8-12(7-18-19)9-20-5-4-14(15(21)10-20)13-2-3-16-17(6-13)23-11-22-16/h2-3,6-8,14-15,21H,4-5,9-11H2,1H3/t14-,15+/m0/s1. The molecule has 4 rings (SSSR count). The Morgan fingerprint density at radius 1 is 1.30 bits per heavy atom. The molecule has 3 heterocycles. The van der Waals surface area contributed by atoms with Gasteiger partial charge in [-0.3, -0.25) is 9.58 Å². The molecule has 2 atom stereocenters. The molecule has 0 saturated carbocycles. The summed E-state index contributed by atoms with van der Waals surface area (Å²) in [7, 11) is 1.92. The molecule has 2 aromatic rings. The quantitative estimate of drug-likeness (QED) is 0.930. The first-order valence-corrected chi connectivity index (χ1v) is 7.96. The topological polar surface area (TPSA) is 59.8 Å². The van der Waals surface area contributed by atoms with E-state index < -0.39 is 0 Å². The maximum Gasteiger partial charge on any atom is 0.231 e. The Hall–Kier alpha value is -2.05. The monoisotopic (exact) mass is 315 g/mol. The molecule has 1 saturated heterocycles. The van der Waals surface area contributed by atoms with E-state index in [1.54, 1.807) is 0 Å². The maximum absolute atomic E-state index is 10.6. The molecular formula is C17H21N3O3. The van der Waals surface area contributed by atoms with Crippen LogP contribution in [-0.2, 0) is 13.6 Å². The number of aromatic nitrogens is 2. The van der Waals surface area contributed by atoms with Gasteiger partial charge in [0, 0.05) is 37.8 Å². The normalized spacial score (nSPS) is 24.1. The van der Waals surface area contributed by atoms with Gasteiger partial charge in [-0.05, 0) is 30.7 Å². The predicted octanol–water partition coefficient (Wildman–Crippen LogP) is 1.50. The lowest BCUT2D eigenvalue weighted by Crippen LogP contribution is -2.42. The molecule has 0 spiro atoms. The van der Waals surface area contributed by atoms with E-state index in [0.717, 1.165) is 36.6 Å². The Morgan fingerprint density at radius 3 is 2.96 bits per heavy atom. The summed E-state index contributed by atoms with van der Waals surface area (Å²) in [5.74, 6) is 1.72. The average Bonchev–Trinajstić information content (AvgIpc) is 3.15. The lowest BCUT2D eigenvalue weighted by Gasteiger charge is -2.36. The van der Waals surface area contributed by atoms with E-state index in [0.29, 0.717) is 6.54 Å². The van der Waals surface area contributed by atoms with Crippen LogP contribution in [-0.4, -0.2) is 45.8 Å². The van der Waals surface area contributed by atoms with Crippen LogP contribution in [0.5, 0.6) is 11.5 Å². The zero-order valence-electron chi connectivity index (χ0n) is 13.2. The van der Waals surface area contributed by atoms with Crippen LogP contribution in [0.3, 0.4) is 0 Å². The third kappa shape index (κ3) is 2.92. The Kier molecular flexibility index (Phi) is 3.71. The molecule has 23 heavy (non-hydrogen) atoms.